The van der Waals surface area contributed by atoms with E-state index in [9.17, 15) is 8.94 Å². The van der Waals surface area contributed by atoms with Gasteiger partial charge in [0, 0.05) is 40.3 Å². The van der Waals surface area contributed by atoms with Gasteiger partial charge in [-0.05, 0) is 23.8 Å². The third-order valence-electron chi connectivity index (χ3n) is 4.19. The number of nitrogen functional groups attached to an aromatic ring is 2. The van der Waals surface area contributed by atoms with Crippen LogP contribution >= 0.6 is 0 Å². The molecule has 1 atom stereocenters. The lowest BCUT2D eigenvalue weighted by Crippen LogP contribution is -2.07. The zero-order valence-corrected chi connectivity index (χ0v) is 15.8. The maximum atomic E-state index is 14.8. The molecule has 0 amide bonds. The summed E-state index contributed by atoms with van der Waals surface area (Å²) >= 11 is -1.60. The minimum Gasteiger partial charge on any atom is -0.605 e. The Balaban J connectivity index is 1.73. The minimum atomic E-state index is -1.60. The average Bonchev–Trinajstić information content (AvgIpc) is 2.74. The van der Waals surface area contributed by atoms with Crippen molar-refractivity contribution in [2.75, 3.05) is 11.5 Å². The monoisotopic (exact) mass is 406 g/mol. The second-order valence-corrected chi connectivity index (χ2v) is 7.46. The van der Waals surface area contributed by atoms with Crippen LogP contribution in [0.1, 0.15) is 0 Å². The van der Waals surface area contributed by atoms with Crippen LogP contribution in [0.3, 0.4) is 0 Å². The molecule has 0 aliphatic carbocycles. The van der Waals surface area contributed by atoms with Crippen LogP contribution in [0.5, 0.6) is 0 Å². The quantitative estimate of drug-likeness (QED) is 0.499. The second-order valence-electron chi connectivity index (χ2n) is 6.07. The zero-order valence-electron chi connectivity index (χ0n) is 15.0. The first-order valence-corrected chi connectivity index (χ1v) is 9.64. The number of rotatable bonds is 4. The van der Waals surface area contributed by atoms with Gasteiger partial charge in [-0.2, -0.15) is 0 Å². The number of halogens is 1. The first kappa shape index (κ1) is 18.8. The van der Waals surface area contributed by atoms with Crippen LogP contribution in [0, 0.1) is 5.82 Å². The van der Waals surface area contributed by atoms with Gasteiger partial charge in [-0.15, -0.1) is 0 Å². The standard InChI is InChI=1S/C20H15FN6OS/c21-16-7-12(5-6-14(16)13-8-26-20(23)27-9-13)15-3-1-2-4-17(15)29(28)19-11-24-18(22)10-25-19/h1-11H,(H2,22,24)(H2,23,26,27). The van der Waals surface area contributed by atoms with Gasteiger partial charge >= 0.3 is 0 Å². The lowest BCUT2D eigenvalue weighted by atomic mass is 10.0. The Morgan fingerprint density at radius 2 is 1.55 bits per heavy atom. The Labute approximate surface area is 168 Å². The van der Waals surface area contributed by atoms with Crippen molar-refractivity contribution >= 4 is 22.9 Å². The summed E-state index contributed by atoms with van der Waals surface area (Å²) < 4.78 is 27.8. The van der Waals surface area contributed by atoms with Gasteiger partial charge in [-0.3, -0.25) is 0 Å². The first-order chi connectivity index (χ1) is 14.0. The maximum Gasteiger partial charge on any atom is 0.269 e. The Bertz CT molecular complexity index is 1150. The van der Waals surface area contributed by atoms with E-state index < -0.39 is 17.0 Å². The van der Waals surface area contributed by atoms with E-state index in [0.29, 0.717) is 27.1 Å². The van der Waals surface area contributed by atoms with Crippen molar-refractivity contribution in [1.29, 1.82) is 0 Å². The molecule has 0 saturated heterocycles. The number of aromatic nitrogens is 4. The molecule has 2 aromatic carbocycles. The number of hydrogen-bond donors (Lipinski definition) is 2. The smallest absolute Gasteiger partial charge is 0.269 e. The highest BCUT2D eigenvalue weighted by molar-refractivity contribution is 7.91. The van der Waals surface area contributed by atoms with E-state index in [-0.39, 0.29) is 16.8 Å². The summed E-state index contributed by atoms with van der Waals surface area (Å²) in [7, 11) is 0. The van der Waals surface area contributed by atoms with E-state index in [2.05, 4.69) is 19.9 Å². The lowest BCUT2D eigenvalue weighted by molar-refractivity contribution is 0.591. The molecule has 144 valence electrons. The SMILES string of the molecule is Nc1cnc([S+]([O-])c2ccccc2-c2ccc(-c3cnc(N)nc3)c(F)c2)cn1. The second kappa shape index (κ2) is 7.82. The van der Waals surface area contributed by atoms with Crippen molar-refractivity contribution in [2.45, 2.75) is 9.92 Å². The zero-order chi connectivity index (χ0) is 20.4. The van der Waals surface area contributed by atoms with Gasteiger partial charge in [-0.25, -0.2) is 24.3 Å². The van der Waals surface area contributed by atoms with E-state index in [0.717, 1.165) is 0 Å². The van der Waals surface area contributed by atoms with Crippen LogP contribution in [0.25, 0.3) is 22.3 Å². The molecule has 0 radical (unpaired) electrons. The van der Waals surface area contributed by atoms with Gasteiger partial charge in [0.15, 0.2) is 4.90 Å². The van der Waals surface area contributed by atoms with Gasteiger partial charge in [0.2, 0.25) is 5.95 Å². The van der Waals surface area contributed by atoms with Crippen molar-refractivity contribution in [3.63, 3.8) is 0 Å². The van der Waals surface area contributed by atoms with E-state index >= 15 is 0 Å². The Kier molecular flexibility index (Phi) is 5.07. The summed E-state index contributed by atoms with van der Waals surface area (Å²) in [4.78, 5) is 16.3. The summed E-state index contributed by atoms with van der Waals surface area (Å²) in [6.07, 6.45) is 5.64. The molecule has 0 spiro atoms. The number of nitrogens with zero attached hydrogens (tertiary/aromatic N) is 4. The van der Waals surface area contributed by atoms with Crippen molar-refractivity contribution in [2.24, 2.45) is 0 Å². The average molecular weight is 406 g/mol. The highest BCUT2D eigenvalue weighted by Crippen LogP contribution is 2.33. The van der Waals surface area contributed by atoms with E-state index in [1.807, 2.05) is 0 Å². The first-order valence-electron chi connectivity index (χ1n) is 8.49. The van der Waals surface area contributed by atoms with Crippen molar-refractivity contribution in [3.05, 3.63) is 73.1 Å². The molecule has 0 aliphatic rings. The van der Waals surface area contributed by atoms with Crippen LogP contribution in [0.2, 0.25) is 0 Å². The van der Waals surface area contributed by atoms with Gasteiger partial charge in [0.25, 0.3) is 5.03 Å². The molecule has 0 aliphatic heterocycles. The van der Waals surface area contributed by atoms with Crippen LogP contribution in [0.4, 0.5) is 16.2 Å². The van der Waals surface area contributed by atoms with Crippen molar-refractivity contribution in [3.8, 4) is 22.3 Å². The molecule has 1 unspecified atom stereocenters. The lowest BCUT2D eigenvalue weighted by Gasteiger charge is -2.13. The summed E-state index contributed by atoms with van der Waals surface area (Å²) in [5.41, 5.74) is 13.1. The topological polar surface area (TPSA) is 127 Å². The normalized spacial score (nSPS) is 11.9. The molecule has 7 nitrogen and oxygen atoms in total. The van der Waals surface area contributed by atoms with Crippen LogP contribution in [-0.4, -0.2) is 24.5 Å². The fraction of sp³-hybridized carbons (Fsp3) is 0. The van der Waals surface area contributed by atoms with Gasteiger partial charge in [-0.1, -0.05) is 24.3 Å². The Morgan fingerprint density at radius 1 is 0.793 bits per heavy atom. The molecule has 2 heterocycles. The van der Waals surface area contributed by atoms with Gasteiger partial charge < -0.3 is 16.0 Å². The van der Waals surface area contributed by atoms with E-state index in [1.54, 1.807) is 36.4 Å². The van der Waals surface area contributed by atoms with Gasteiger partial charge in [0.1, 0.15) is 17.8 Å². The molecule has 29 heavy (non-hydrogen) atoms. The predicted octanol–water partition coefficient (Wildman–Crippen LogP) is 3.07. The van der Waals surface area contributed by atoms with Crippen molar-refractivity contribution in [1.82, 2.24) is 19.9 Å². The molecule has 4 aromatic rings. The highest BCUT2D eigenvalue weighted by atomic mass is 32.2. The van der Waals surface area contributed by atoms with Crippen molar-refractivity contribution < 1.29 is 8.94 Å². The molecular formula is C20H15FN6OS. The number of benzene rings is 2. The highest BCUT2D eigenvalue weighted by Gasteiger charge is 2.22. The largest absolute Gasteiger partial charge is 0.605 e. The third-order valence-corrected chi connectivity index (χ3v) is 5.53. The summed E-state index contributed by atoms with van der Waals surface area (Å²) in [6, 6.07) is 11.8. The number of nitrogens with two attached hydrogens (primary N) is 2. The summed E-state index contributed by atoms with van der Waals surface area (Å²) in [5, 5.41) is 0.266. The third kappa shape index (κ3) is 3.86. The molecule has 0 saturated carbocycles. The molecule has 0 fully saturated rings. The number of hydrogen-bond acceptors (Lipinski definition) is 7. The Hall–Kier alpha value is -3.56. The molecule has 4 N–H and O–H groups in total. The van der Waals surface area contributed by atoms with Crippen LogP contribution < -0.4 is 11.5 Å². The minimum absolute atomic E-state index is 0.118. The van der Waals surface area contributed by atoms with Crippen LogP contribution in [0.15, 0.2) is 77.2 Å². The van der Waals surface area contributed by atoms with E-state index in [1.165, 1.54) is 30.9 Å². The molecule has 2 aromatic heterocycles. The molecular weight excluding hydrogens is 391 g/mol. The van der Waals surface area contributed by atoms with Gasteiger partial charge in [0.05, 0.1) is 6.20 Å². The summed E-state index contributed by atoms with van der Waals surface area (Å²) in [5.74, 6) is -0.0972. The van der Waals surface area contributed by atoms with Crippen LogP contribution in [-0.2, 0) is 11.2 Å². The fourth-order valence-corrected chi connectivity index (χ4v) is 3.91. The molecule has 9 heteroatoms. The Morgan fingerprint density at radius 3 is 2.24 bits per heavy atom. The predicted molar refractivity (Wildman–Crippen MR) is 108 cm³/mol. The maximum absolute atomic E-state index is 14.8. The fourth-order valence-electron chi connectivity index (χ4n) is 2.80. The van der Waals surface area contributed by atoms with E-state index in [4.69, 9.17) is 11.5 Å². The molecule has 4 rings (SSSR count). The molecule has 0 bridgehead atoms. The number of anilines is 2. The summed E-state index contributed by atoms with van der Waals surface area (Å²) in [6.45, 7) is 0.